The zero-order valence-corrected chi connectivity index (χ0v) is 14.8. The van der Waals surface area contributed by atoms with Gasteiger partial charge in [0.25, 0.3) is 11.6 Å². The number of aliphatic imine (C=N–C) groups is 1. The minimum absolute atomic E-state index is 0.0897. The van der Waals surface area contributed by atoms with Gasteiger partial charge in [-0.2, -0.15) is 0 Å². The van der Waals surface area contributed by atoms with Crippen LogP contribution in [-0.2, 0) is 0 Å². The third-order valence-electron chi connectivity index (χ3n) is 3.09. The van der Waals surface area contributed by atoms with Gasteiger partial charge in [0.05, 0.1) is 15.9 Å². The van der Waals surface area contributed by atoms with Crippen molar-refractivity contribution < 1.29 is 14.6 Å². The summed E-state index contributed by atoms with van der Waals surface area (Å²) in [6, 6.07) is 9.29. The number of thioether (sulfide) groups is 1. The third-order valence-corrected chi connectivity index (χ3v) is 3.90. The summed E-state index contributed by atoms with van der Waals surface area (Å²) < 4.78 is 0. The highest BCUT2D eigenvalue weighted by Gasteiger charge is 2.20. The van der Waals surface area contributed by atoms with Crippen LogP contribution >= 0.6 is 23.4 Å². The molecular weight excluding hydrogens is 384 g/mol. The molecule has 0 aromatic heterocycles. The minimum Gasteiger partial charge on any atom is -0.301 e. The molecule has 0 atom stereocenters. The number of benzene rings is 2. The Labute approximate surface area is 156 Å². The second-order valence-corrected chi connectivity index (χ2v) is 6.00. The number of amidine groups is 1. The summed E-state index contributed by atoms with van der Waals surface area (Å²) in [5.41, 5.74) is -0.791. The second-order valence-electron chi connectivity index (χ2n) is 4.77. The van der Waals surface area contributed by atoms with Crippen LogP contribution in [0.5, 0.6) is 0 Å². The molecule has 1 N–H and O–H groups in total. The van der Waals surface area contributed by atoms with Gasteiger partial charge < -0.3 is 5.32 Å². The van der Waals surface area contributed by atoms with Gasteiger partial charge in [-0.1, -0.05) is 29.4 Å². The monoisotopic (exact) mass is 394 g/mol. The standard InChI is InChI=1S/C15H11ClN4O5S/c1-26-15(18-14(21)9-3-2-4-10(16)7-9)17-12-6-5-11(19(22)23)8-13(12)20(24)25/h2-8H,1H3,(H,17,18,21). The Balaban J connectivity index is 2.35. The number of nitro benzene ring substituents is 2. The molecule has 0 aliphatic heterocycles. The number of hydrogen-bond acceptors (Lipinski definition) is 7. The van der Waals surface area contributed by atoms with Crippen LogP contribution < -0.4 is 5.32 Å². The van der Waals surface area contributed by atoms with Gasteiger partial charge in [0.2, 0.25) is 0 Å². The quantitative estimate of drug-likeness (QED) is 0.362. The molecule has 0 heterocycles. The van der Waals surface area contributed by atoms with E-state index in [0.29, 0.717) is 5.02 Å². The summed E-state index contributed by atoms with van der Waals surface area (Å²) in [5.74, 6) is -0.495. The molecule has 0 radical (unpaired) electrons. The fraction of sp³-hybridized carbons (Fsp3) is 0.0667. The summed E-state index contributed by atoms with van der Waals surface area (Å²) in [5, 5.41) is 24.9. The Kier molecular flexibility index (Phi) is 6.26. The lowest BCUT2D eigenvalue weighted by atomic mass is 10.2. The molecule has 2 rings (SSSR count). The number of non-ortho nitro benzene ring substituents is 1. The SMILES string of the molecule is CSC(=Nc1ccc([N+](=O)[O-])cc1[N+](=O)[O-])NC(=O)c1cccc(Cl)c1. The molecule has 0 saturated heterocycles. The van der Waals surface area contributed by atoms with Crippen LogP contribution in [0.1, 0.15) is 10.4 Å². The predicted molar refractivity (Wildman–Crippen MR) is 99.3 cm³/mol. The van der Waals surface area contributed by atoms with E-state index in [0.717, 1.165) is 30.0 Å². The van der Waals surface area contributed by atoms with E-state index in [4.69, 9.17) is 11.6 Å². The van der Waals surface area contributed by atoms with Gasteiger partial charge in [0.15, 0.2) is 5.17 Å². The smallest absolute Gasteiger partial charge is 0.301 e. The lowest BCUT2D eigenvalue weighted by molar-refractivity contribution is -0.393. The molecule has 134 valence electrons. The van der Waals surface area contributed by atoms with Crippen LogP contribution in [0.3, 0.4) is 0 Å². The molecule has 0 saturated carbocycles. The molecule has 2 aromatic rings. The van der Waals surface area contributed by atoms with Crippen LogP contribution in [-0.4, -0.2) is 27.2 Å². The largest absolute Gasteiger partial charge is 0.301 e. The van der Waals surface area contributed by atoms with Gasteiger partial charge in [-0.3, -0.25) is 25.0 Å². The number of carbonyl (C=O) groups excluding carboxylic acids is 1. The molecule has 11 heteroatoms. The summed E-state index contributed by atoms with van der Waals surface area (Å²) in [6.07, 6.45) is 1.62. The van der Waals surface area contributed by atoms with Crippen molar-refractivity contribution in [2.24, 2.45) is 4.99 Å². The highest BCUT2D eigenvalue weighted by molar-refractivity contribution is 8.13. The highest BCUT2D eigenvalue weighted by atomic mass is 35.5. The Morgan fingerprint density at radius 2 is 1.88 bits per heavy atom. The van der Waals surface area contributed by atoms with Gasteiger partial charge >= 0.3 is 5.69 Å². The van der Waals surface area contributed by atoms with E-state index < -0.39 is 27.1 Å². The molecule has 0 fully saturated rings. The van der Waals surface area contributed by atoms with Crippen LogP contribution in [0, 0.1) is 20.2 Å². The number of nitrogens with zero attached hydrogens (tertiary/aromatic N) is 3. The maximum atomic E-state index is 12.2. The first-order valence-electron chi connectivity index (χ1n) is 6.94. The van der Waals surface area contributed by atoms with Crippen molar-refractivity contribution >= 4 is 51.5 Å². The summed E-state index contributed by atoms with van der Waals surface area (Å²) >= 11 is 6.89. The van der Waals surface area contributed by atoms with E-state index in [1.54, 1.807) is 24.5 Å². The van der Waals surface area contributed by atoms with Crippen LogP contribution in [0.2, 0.25) is 5.02 Å². The first-order chi connectivity index (χ1) is 12.3. The molecule has 0 aliphatic carbocycles. The van der Waals surface area contributed by atoms with E-state index in [1.165, 1.54) is 6.07 Å². The number of amides is 1. The first kappa shape index (κ1) is 19.3. The maximum absolute atomic E-state index is 12.2. The fourth-order valence-electron chi connectivity index (χ4n) is 1.90. The zero-order chi connectivity index (χ0) is 19.3. The number of carbonyl (C=O) groups is 1. The van der Waals surface area contributed by atoms with E-state index in [1.807, 2.05) is 0 Å². The van der Waals surface area contributed by atoms with Gasteiger partial charge in [-0.05, 0) is 30.5 Å². The van der Waals surface area contributed by atoms with Crippen molar-refractivity contribution in [3.05, 3.63) is 73.3 Å². The third kappa shape index (κ3) is 4.77. The normalized spacial score (nSPS) is 11.1. The molecule has 0 bridgehead atoms. The number of halogens is 1. The van der Waals surface area contributed by atoms with Gasteiger partial charge in [0, 0.05) is 16.7 Å². The molecule has 26 heavy (non-hydrogen) atoms. The van der Waals surface area contributed by atoms with Gasteiger partial charge in [-0.15, -0.1) is 0 Å². The number of nitro groups is 2. The minimum atomic E-state index is -0.775. The van der Waals surface area contributed by atoms with Crippen LogP contribution in [0.25, 0.3) is 0 Å². The molecule has 1 amide bonds. The van der Waals surface area contributed by atoms with Gasteiger partial charge in [-0.25, -0.2) is 4.99 Å². The first-order valence-corrected chi connectivity index (χ1v) is 8.54. The molecule has 0 aliphatic rings. The second kappa shape index (κ2) is 8.41. The molecular formula is C15H11ClN4O5S. The van der Waals surface area contributed by atoms with E-state index in [9.17, 15) is 25.0 Å². The van der Waals surface area contributed by atoms with E-state index >= 15 is 0 Å². The van der Waals surface area contributed by atoms with E-state index in [-0.39, 0.29) is 16.4 Å². The van der Waals surface area contributed by atoms with Crippen molar-refractivity contribution in [1.29, 1.82) is 0 Å². The molecule has 2 aromatic carbocycles. The van der Waals surface area contributed by atoms with Crippen molar-refractivity contribution in [3.8, 4) is 0 Å². The highest BCUT2D eigenvalue weighted by Crippen LogP contribution is 2.31. The maximum Gasteiger partial charge on any atom is 0.301 e. The fourth-order valence-corrected chi connectivity index (χ4v) is 2.47. The lowest BCUT2D eigenvalue weighted by Gasteiger charge is -2.07. The van der Waals surface area contributed by atoms with Crippen molar-refractivity contribution in [2.45, 2.75) is 0 Å². The topological polar surface area (TPSA) is 128 Å². The van der Waals surface area contributed by atoms with Crippen LogP contribution in [0.15, 0.2) is 47.5 Å². The number of nitrogens with one attached hydrogen (secondary N) is 1. The Hall–Kier alpha value is -2.98. The predicted octanol–water partition coefficient (Wildman–Crippen LogP) is 3.94. The van der Waals surface area contributed by atoms with Gasteiger partial charge in [0.1, 0.15) is 5.69 Å². The summed E-state index contributed by atoms with van der Waals surface area (Å²) in [4.78, 5) is 36.7. The summed E-state index contributed by atoms with van der Waals surface area (Å²) in [7, 11) is 0. The Morgan fingerprint density at radius 1 is 1.15 bits per heavy atom. The van der Waals surface area contributed by atoms with Crippen molar-refractivity contribution in [1.82, 2.24) is 5.32 Å². The molecule has 0 unspecified atom stereocenters. The Morgan fingerprint density at radius 3 is 2.46 bits per heavy atom. The Bertz CT molecular complexity index is 919. The number of rotatable bonds is 4. The molecule has 9 nitrogen and oxygen atoms in total. The summed E-state index contributed by atoms with van der Waals surface area (Å²) in [6.45, 7) is 0. The van der Waals surface area contributed by atoms with Crippen molar-refractivity contribution in [2.75, 3.05) is 6.26 Å². The average Bonchev–Trinajstić information content (AvgIpc) is 2.60. The van der Waals surface area contributed by atoms with Crippen LogP contribution in [0.4, 0.5) is 17.1 Å². The molecule has 0 spiro atoms. The zero-order valence-electron chi connectivity index (χ0n) is 13.2. The van der Waals surface area contributed by atoms with Crippen molar-refractivity contribution in [3.63, 3.8) is 0 Å². The average molecular weight is 395 g/mol. The lowest BCUT2D eigenvalue weighted by Crippen LogP contribution is -2.28. The van der Waals surface area contributed by atoms with E-state index in [2.05, 4.69) is 10.3 Å². The number of hydrogen-bond donors (Lipinski definition) is 1.